The van der Waals surface area contributed by atoms with Crippen LogP contribution in [0.1, 0.15) is 29.7 Å². The molecule has 3 aromatic carbocycles. The maximum atomic E-state index is 6.49. The topological polar surface area (TPSA) is 12.5 Å². The molecule has 0 aliphatic carbocycles. The van der Waals surface area contributed by atoms with Crippen molar-refractivity contribution in [2.75, 3.05) is 7.05 Å². The van der Waals surface area contributed by atoms with Crippen molar-refractivity contribution in [3.8, 4) is 11.1 Å². The molecule has 0 saturated carbocycles. The summed E-state index contributed by atoms with van der Waals surface area (Å²) in [5.41, 5.74) is 6.43. The lowest BCUT2D eigenvalue weighted by atomic mass is 9.93. The molecule has 0 amide bonds. The third-order valence-corrected chi connectivity index (χ3v) is 5.42. The Labute approximate surface area is 156 Å². The van der Waals surface area contributed by atoms with Gasteiger partial charge >= 0.3 is 0 Å². The van der Waals surface area contributed by atoms with Gasteiger partial charge in [-0.1, -0.05) is 78.9 Å². The Kier molecular flexibility index (Phi) is 4.87. The highest BCUT2D eigenvalue weighted by molar-refractivity contribution is 5.70. The summed E-state index contributed by atoms with van der Waals surface area (Å²) in [5, 5.41) is 0. The summed E-state index contributed by atoms with van der Waals surface area (Å²) in [6.07, 6.45) is 0.0412. The number of hydrogen-bond acceptors (Lipinski definition) is 2. The molecular weight excluding hydrogens is 318 g/mol. The molecule has 4 rings (SSSR count). The highest BCUT2D eigenvalue weighted by Crippen LogP contribution is 2.33. The molecule has 0 unspecified atom stereocenters. The quantitative estimate of drug-likeness (QED) is 0.583. The van der Waals surface area contributed by atoms with Crippen molar-refractivity contribution in [1.82, 2.24) is 4.90 Å². The zero-order valence-corrected chi connectivity index (χ0v) is 15.4. The average molecular weight is 343 g/mol. The highest BCUT2D eigenvalue weighted by Gasteiger charge is 2.26. The third kappa shape index (κ3) is 3.31. The smallest absolute Gasteiger partial charge is 0.0981 e. The van der Waals surface area contributed by atoms with Gasteiger partial charge in [-0.2, -0.15) is 0 Å². The number of hydrogen-bond donors (Lipinski definition) is 0. The van der Waals surface area contributed by atoms with Crippen LogP contribution in [0.5, 0.6) is 0 Å². The summed E-state index contributed by atoms with van der Waals surface area (Å²) >= 11 is 0. The lowest BCUT2D eigenvalue weighted by Gasteiger charge is -2.34. The number of ether oxygens (including phenoxy) is 1. The molecule has 1 aliphatic heterocycles. The first-order valence-corrected chi connectivity index (χ1v) is 9.27. The monoisotopic (exact) mass is 343 g/mol. The van der Waals surface area contributed by atoms with Gasteiger partial charge in [0, 0.05) is 12.6 Å². The van der Waals surface area contributed by atoms with Crippen LogP contribution in [0.4, 0.5) is 0 Å². The predicted molar refractivity (Wildman–Crippen MR) is 107 cm³/mol. The second kappa shape index (κ2) is 7.45. The Morgan fingerprint density at radius 3 is 2.08 bits per heavy atom. The van der Waals surface area contributed by atoms with Gasteiger partial charge in [-0.3, -0.25) is 4.90 Å². The van der Waals surface area contributed by atoms with Crippen LogP contribution in [0, 0.1) is 0 Å². The minimum atomic E-state index is 0.0412. The van der Waals surface area contributed by atoms with Crippen LogP contribution in [0.15, 0.2) is 78.9 Å². The van der Waals surface area contributed by atoms with Gasteiger partial charge in [0.15, 0.2) is 0 Å². The molecule has 132 valence electrons. The fraction of sp³-hybridized carbons (Fsp3) is 0.250. The summed E-state index contributed by atoms with van der Waals surface area (Å²) in [4.78, 5) is 2.39. The van der Waals surface area contributed by atoms with Crippen LogP contribution in [0.25, 0.3) is 11.1 Å². The molecule has 0 bridgehead atoms. The number of benzene rings is 3. The molecule has 0 radical (unpaired) electrons. The number of nitrogens with zero attached hydrogens (tertiary/aromatic N) is 1. The van der Waals surface area contributed by atoms with Crippen molar-refractivity contribution in [1.29, 1.82) is 0 Å². The van der Waals surface area contributed by atoms with Gasteiger partial charge < -0.3 is 4.74 Å². The summed E-state index contributed by atoms with van der Waals surface area (Å²) < 4.78 is 6.49. The molecule has 1 aliphatic rings. The molecule has 1 heterocycles. The Bertz CT molecular complexity index is 874. The maximum absolute atomic E-state index is 6.49. The van der Waals surface area contributed by atoms with Gasteiger partial charge in [0.2, 0.25) is 0 Å². The van der Waals surface area contributed by atoms with Crippen LogP contribution in [0.2, 0.25) is 0 Å². The summed E-state index contributed by atoms with van der Waals surface area (Å²) in [6, 6.07) is 28.2. The molecule has 2 nitrogen and oxygen atoms in total. The van der Waals surface area contributed by atoms with Gasteiger partial charge in [0.25, 0.3) is 0 Å². The van der Waals surface area contributed by atoms with E-state index in [1.165, 1.54) is 27.8 Å². The van der Waals surface area contributed by atoms with E-state index in [0.29, 0.717) is 6.61 Å². The maximum Gasteiger partial charge on any atom is 0.0981 e. The van der Waals surface area contributed by atoms with E-state index in [1.54, 1.807) is 0 Å². The second-order valence-electron chi connectivity index (χ2n) is 7.11. The van der Waals surface area contributed by atoms with E-state index < -0.39 is 0 Å². The zero-order chi connectivity index (χ0) is 17.9. The Hall–Kier alpha value is -2.42. The van der Waals surface area contributed by atoms with E-state index in [4.69, 9.17) is 4.74 Å². The number of likely N-dealkylation sites (N-methyl/N-ethyl adjacent to an activating group) is 1. The van der Waals surface area contributed by atoms with E-state index in [0.717, 1.165) is 6.54 Å². The fourth-order valence-corrected chi connectivity index (χ4v) is 3.81. The molecule has 3 aromatic rings. The van der Waals surface area contributed by atoms with Gasteiger partial charge in [0.1, 0.15) is 0 Å². The summed E-state index contributed by atoms with van der Waals surface area (Å²) in [7, 11) is 2.19. The van der Waals surface area contributed by atoms with E-state index in [1.807, 2.05) is 0 Å². The third-order valence-electron chi connectivity index (χ3n) is 5.42. The molecule has 2 heteroatoms. The first-order chi connectivity index (χ1) is 12.7. The average Bonchev–Trinajstić information content (AvgIpc) is 2.69. The van der Waals surface area contributed by atoms with Crippen molar-refractivity contribution in [3.05, 3.63) is 95.6 Å². The lowest BCUT2D eigenvalue weighted by Crippen LogP contribution is -2.35. The molecular formula is C24H25NO. The van der Waals surface area contributed by atoms with Crippen molar-refractivity contribution >= 4 is 0 Å². The highest BCUT2D eigenvalue weighted by atomic mass is 16.5. The summed E-state index contributed by atoms with van der Waals surface area (Å²) in [6.45, 7) is 3.77. The first kappa shape index (κ1) is 17.0. The fourth-order valence-electron chi connectivity index (χ4n) is 3.81. The molecule has 0 N–H and O–H groups in total. The molecule has 0 spiro atoms. The Morgan fingerprint density at radius 1 is 0.769 bits per heavy atom. The van der Waals surface area contributed by atoms with E-state index >= 15 is 0 Å². The van der Waals surface area contributed by atoms with Crippen molar-refractivity contribution in [2.45, 2.75) is 32.2 Å². The normalized spacial score (nSPS) is 20.8. The number of rotatable bonds is 1. The Morgan fingerprint density at radius 2 is 1.35 bits per heavy atom. The molecule has 0 aromatic heterocycles. The molecule has 2 atom stereocenters. The summed E-state index contributed by atoms with van der Waals surface area (Å²) in [5.74, 6) is 0. The SMILES string of the molecule is C[C@H]1[C@H](c2ccccc2)OCc2ccccc2-c2ccccc2CN1C. The van der Waals surface area contributed by atoms with Crippen molar-refractivity contribution in [3.63, 3.8) is 0 Å². The van der Waals surface area contributed by atoms with E-state index in [9.17, 15) is 0 Å². The zero-order valence-electron chi connectivity index (χ0n) is 15.4. The minimum absolute atomic E-state index is 0.0412. The van der Waals surface area contributed by atoms with Crippen LogP contribution >= 0.6 is 0 Å². The second-order valence-corrected chi connectivity index (χ2v) is 7.11. The van der Waals surface area contributed by atoms with Gasteiger partial charge in [-0.05, 0) is 41.8 Å². The van der Waals surface area contributed by atoms with E-state index in [2.05, 4.69) is 97.7 Å². The standard InChI is InChI=1S/C24H25NO/c1-18-24(19-10-4-3-5-11-19)26-17-21-13-7-9-15-23(21)22-14-8-6-12-20(22)16-25(18)2/h3-15,18,24H,16-17H2,1-2H3/t18-,24+/m0/s1. The van der Waals surface area contributed by atoms with Crippen LogP contribution in [-0.2, 0) is 17.9 Å². The van der Waals surface area contributed by atoms with Crippen molar-refractivity contribution < 1.29 is 4.74 Å². The molecule has 0 saturated heterocycles. The largest absolute Gasteiger partial charge is 0.367 e. The molecule has 0 fully saturated rings. The van der Waals surface area contributed by atoms with Crippen molar-refractivity contribution in [2.24, 2.45) is 0 Å². The van der Waals surface area contributed by atoms with Crippen LogP contribution < -0.4 is 0 Å². The minimum Gasteiger partial charge on any atom is -0.367 e. The lowest BCUT2D eigenvalue weighted by molar-refractivity contribution is -0.0159. The molecule has 26 heavy (non-hydrogen) atoms. The van der Waals surface area contributed by atoms with Crippen LogP contribution in [0.3, 0.4) is 0 Å². The van der Waals surface area contributed by atoms with Gasteiger partial charge in [-0.25, -0.2) is 0 Å². The predicted octanol–water partition coefficient (Wildman–Crippen LogP) is 5.45. The van der Waals surface area contributed by atoms with E-state index in [-0.39, 0.29) is 12.1 Å². The Balaban J connectivity index is 1.80. The van der Waals surface area contributed by atoms with Crippen LogP contribution in [-0.4, -0.2) is 18.0 Å². The van der Waals surface area contributed by atoms with Gasteiger partial charge in [0.05, 0.1) is 12.7 Å². The van der Waals surface area contributed by atoms with Gasteiger partial charge in [-0.15, -0.1) is 0 Å². The number of fused-ring (bicyclic) bond motifs is 3. The first-order valence-electron chi connectivity index (χ1n) is 9.27.